The van der Waals surface area contributed by atoms with Crippen molar-refractivity contribution in [3.05, 3.63) is 332 Å². The minimum atomic E-state index is -0.418. The molecule has 128 heavy (non-hydrogen) atoms. The van der Waals surface area contributed by atoms with Gasteiger partial charge >= 0.3 is 0 Å². The van der Waals surface area contributed by atoms with Crippen LogP contribution in [0.25, 0.3) is 97.7 Å². The van der Waals surface area contributed by atoms with Crippen molar-refractivity contribution in [2.75, 3.05) is 73.6 Å². The van der Waals surface area contributed by atoms with Gasteiger partial charge in [-0.3, -0.25) is 42.5 Å². The molecule has 3 aromatic heterocycles. The average molecular weight is 1760 g/mol. The van der Waals surface area contributed by atoms with Gasteiger partial charge in [-0.05, 0) is 219 Å². The van der Waals surface area contributed by atoms with E-state index in [1.165, 1.54) is 18.2 Å². The Morgan fingerprint density at radius 2 is 0.719 bits per heavy atom. The summed E-state index contributed by atoms with van der Waals surface area (Å²) in [5.74, 6) is -0.0276. The third kappa shape index (κ3) is 17.3. The van der Waals surface area contributed by atoms with Gasteiger partial charge in [0.25, 0.3) is 33.7 Å². The zero-order chi connectivity index (χ0) is 92.3. The van der Waals surface area contributed by atoms with E-state index in [4.69, 9.17) is 54.5 Å². The van der Waals surface area contributed by atoms with Crippen LogP contribution < -0.4 is 31.4 Å². The number of anilines is 3. The molecule has 3 aliphatic rings. The van der Waals surface area contributed by atoms with Crippen molar-refractivity contribution in [2.45, 2.75) is 126 Å². The van der Waals surface area contributed by atoms with Gasteiger partial charge < -0.3 is 29.4 Å². The second kappa shape index (κ2) is 38.4. The molecule has 15 rings (SSSR count). The van der Waals surface area contributed by atoms with Gasteiger partial charge in [-0.2, -0.15) is 10.5 Å². The number of halogens is 3. The number of nitrogens with zero attached hydrogens (tertiary/aromatic N) is 14. The molecule has 20 nitrogen and oxygen atoms in total. The Morgan fingerprint density at radius 1 is 0.398 bits per heavy atom. The molecule has 3 fully saturated rings. The normalized spacial score (nSPS) is 15.0. The first kappa shape index (κ1) is 91.7. The first-order valence-electron chi connectivity index (χ1n) is 42.6. The van der Waals surface area contributed by atoms with Gasteiger partial charge in [0.05, 0.1) is 93.7 Å². The van der Waals surface area contributed by atoms with E-state index in [0.29, 0.717) is 146 Å². The van der Waals surface area contributed by atoms with E-state index in [-0.39, 0.29) is 76.2 Å². The van der Waals surface area contributed by atoms with Crippen molar-refractivity contribution in [3.8, 4) is 62.6 Å². The highest BCUT2D eigenvalue weighted by atomic mass is 35.5. The molecule has 3 aliphatic heterocycles. The van der Waals surface area contributed by atoms with E-state index < -0.39 is 11.1 Å². The van der Waals surface area contributed by atoms with Crippen molar-refractivity contribution >= 4 is 119 Å². The minimum absolute atomic E-state index is 0.00730. The fraction of sp³-hybridized carbons (Fsp3) is 0.267. The molecule has 9 aromatic carbocycles. The summed E-state index contributed by atoms with van der Waals surface area (Å²) in [4.78, 5) is 103. The van der Waals surface area contributed by atoms with Gasteiger partial charge in [0, 0.05) is 125 Å². The topological polar surface area (TPSA) is 197 Å². The van der Waals surface area contributed by atoms with Crippen molar-refractivity contribution in [1.82, 2.24) is 28.4 Å². The zero-order valence-corrected chi connectivity index (χ0v) is 76.4. The number of para-hydroxylation sites is 3. The quantitative estimate of drug-likeness (QED) is 0.0699. The molecular weight excluding hydrogens is 1660 g/mol. The van der Waals surface area contributed by atoms with Crippen LogP contribution in [0.15, 0.2) is 216 Å². The lowest BCUT2D eigenvalue weighted by Crippen LogP contribution is -2.53. The largest absolute Gasteiger partial charge is 0.373 e. The lowest BCUT2D eigenvalue weighted by Gasteiger charge is -2.42. The highest BCUT2D eigenvalue weighted by molar-refractivity contribution is 6.36. The predicted octanol–water partition coefficient (Wildman–Crippen LogP) is 22.6. The fourth-order valence-corrected chi connectivity index (χ4v) is 19.1. The van der Waals surface area contributed by atoms with Gasteiger partial charge in [0.2, 0.25) is 17.7 Å². The maximum atomic E-state index is 14.5. The van der Waals surface area contributed by atoms with Crippen LogP contribution >= 0.6 is 34.8 Å². The molecule has 0 radical (unpaired) electrons. The number of amides is 3. The Labute approximate surface area is 762 Å². The zero-order valence-electron chi connectivity index (χ0n) is 74.1. The molecule has 0 N–H and O–H groups in total. The summed E-state index contributed by atoms with van der Waals surface area (Å²) in [7, 11) is 0. The van der Waals surface area contributed by atoms with E-state index >= 15 is 0 Å². The summed E-state index contributed by atoms with van der Waals surface area (Å²) in [5.41, 5.74) is 17.5. The van der Waals surface area contributed by atoms with Crippen LogP contribution in [0.4, 0.5) is 34.1 Å². The second-order valence-corrected chi connectivity index (χ2v) is 34.9. The first-order chi connectivity index (χ1) is 61.3. The average Bonchev–Trinajstić information content (AvgIpc) is 0.735. The van der Waals surface area contributed by atoms with Crippen LogP contribution in [0.5, 0.6) is 0 Å². The number of piperazine rings is 3. The fourth-order valence-electron chi connectivity index (χ4n) is 18.3. The molecule has 3 atom stereocenters. The summed E-state index contributed by atoms with van der Waals surface area (Å²) in [5, 5.41) is 22.5. The highest BCUT2D eigenvalue weighted by Crippen LogP contribution is 2.48. The van der Waals surface area contributed by atoms with E-state index in [1.807, 2.05) is 178 Å². The number of hydrogen-bond acceptors (Lipinski definition) is 11. The summed E-state index contributed by atoms with van der Waals surface area (Å²) in [6, 6.07) is 55.7. The van der Waals surface area contributed by atoms with Crippen molar-refractivity contribution < 1.29 is 14.4 Å². The SMILES string of the molecule is [C-]#[N+]c1c(N2CCN(C(=O)C=C)C[C@@H]2C)c2cc(Cl)c(-c3c(C)cccc3C)cc2n(-c2ccccc2C(C)C)c1=O.[C-]#[N+]c1c(N2CCN(C(=O)C=C)C[C@@H]2C)c2cc(Cl)c(-c3cc(C#N)ccc3C)cc2n(-c2ccccc2C(C)C)c1=O.[C-]#[N+]c1c(N2CCN(C(=O)C=C)C[C@@H]2C)c2cc(Cl)c(-c3ccc(C#N)cc3C)cc2n(-c2ccccc2C(C)C)c1=O. The Hall–Kier alpha value is -14.0. The second-order valence-electron chi connectivity index (χ2n) is 33.7. The lowest BCUT2D eigenvalue weighted by molar-refractivity contribution is -0.127. The Balaban J connectivity index is 0.000000164. The molecular formula is C105H99Cl3N14O6. The maximum absolute atomic E-state index is 14.5. The van der Waals surface area contributed by atoms with E-state index in [2.05, 4.69) is 119 Å². The van der Waals surface area contributed by atoms with Crippen LogP contribution in [0, 0.1) is 70.1 Å². The van der Waals surface area contributed by atoms with E-state index in [1.54, 1.807) is 46.6 Å². The van der Waals surface area contributed by atoms with E-state index in [9.17, 15) is 39.3 Å². The predicted molar refractivity (Wildman–Crippen MR) is 520 cm³/mol. The van der Waals surface area contributed by atoms with Crippen molar-refractivity contribution in [3.63, 3.8) is 0 Å². The number of hydrogen-bond donors (Lipinski definition) is 0. The first-order valence-corrected chi connectivity index (χ1v) is 43.7. The Morgan fingerprint density at radius 3 is 1.04 bits per heavy atom. The molecule has 3 saturated heterocycles. The lowest BCUT2D eigenvalue weighted by atomic mass is 9.94. The number of aryl methyl sites for hydroxylation is 4. The molecule has 0 saturated carbocycles. The number of benzene rings is 9. The number of carbonyl (C=O) groups excluding carboxylic acids is 3. The number of carbonyl (C=O) groups is 3. The molecule has 0 unspecified atom stereocenters. The van der Waals surface area contributed by atoms with Crippen LogP contribution in [-0.4, -0.2) is 123 Å². The molecule has 3 amide bonds. The maximum Gasteiger partial charge on any atom is 0.274 e. The molecule has 12 aromatic rings. The molecule has 0 spiro atoms. The van der Waals surface area contributed by atoms with Gasteiger partial charge in [-0.25, -0.2) is 14.5 Å². The molecule has 646 valence electrons. The number of pyridine rings is 3. The summed E-state index contributed by atoms with van der Waals surface area (Å²) < 4.78 is 4.96. The number of fused-ring (bicyclic) bond motifs is 3. The van der Waals surface area contributed by atoms with Crippen molar-refractivity contribution in [1.29, 1.82) is 10.5 Å². The van der Waals surface area contributed by atoms with E-state index in [0.717, 1.165) is 77.8 Å². The number of aromatic nitrogens is 3. The van der Waals surface area contributed by atoms with Gasteiger partial charge in [0.15, 0.2) is 0 Å². The third-order valence-corrected chi connectivity index (χ3v) is 25.6. The van der Waals surface area contributed by atoms with Gasteiger partial charge in [-0.15, -0.1) is 0 Å². The van der Waals surface area contributed by atoms with Gasteiger partial charge in [-0.1, -0.05) is 181 Å². The smallest absolute Gasteiger partial charge is 0.274 e. The molecule has 0 bridgehead atoms. The summed E-state index contributed by atoms with van der Waals surface area (Å²) >= 11 is 21.1. The number of rotatable bonds is 15. The Bertz CT molecular complexity index is 6980. The van der Waals surface area contributed by atoms with Crippen LogP contribution in [0.3, 0.4) is 0 Å². The highest BCUT2D eigenvalue weighted by Gasteiger charge is 2.37. The van der Waals surface area contributed by atoms with Gasteiger partial charge in [0.1, 0.15) is 0 Å². The molecule has 6 heterocycles. The summed E-state index contributed by atoms with van der Waals surface area (Å²) in [6.07, 6.45) is 3.94. The standard InChI is InChI=1S/2C35H32ClN5O2.C35H35ClN4O2/c1-7-32(42)39-14-15-40(23(5)20-39)34-28-17-29(36)27(26-13-12-24(19-37)16-22(26)4)18-31(28)41(35(43)33(34)38-6)30-11-9-8-10-25(30)21(2)3;1-7-32(42)39-14-15-40(23(5)20-39)34-28-17-29(36)27(26-16-24(19-37)13-12-22(26)4)18-31(28)41(35(43)33(34)38-6)30-11-9-8-10-25(30)21(2)3;1-8-31(41)38-16-17-39(24(6)20-38)34-27-18-28(36)26(32-22(4)12-11-13-23(32)5)19-30(27)40(35(42)33(34)37-7)29-15-10-9-14-25(29)21(2)3/h2*7-13,16-18,21,23H,1,14-15,20H2,2-5H3;8-15,18-19,21,24H,1,16-17,20H2,2-6H3/t2*23-;24-/m000/s1. The molecule has 23 heteroatoms. The monoisotopic (exact) mass is 1760 g/mol. The minimum Gasteiger partial charge on any atom is -0.373 e. The third-order valence-electron chi connectivity index (χ3n) is 24.6. The number of nitriles is 2. The Kier molecular flexibility index (Phi) is 27.5. The van der Waals surface area contributed by atoms with Crippen LogP contribution in [0.1, 0.15) is 130 Å². The summed E-state index contributed by atoms with van der Waals surface area (Å²) in [6.45, 7) is 65.8. The molecule has 0 aliphatic carbocycles. The van der Waals surface area contributed by atoms with Crippen molar-refractivity contribution in [2.24, 2.45) is 0 Å². The van der Waals surface area contributed by atoms with Crippen LogP contribution in [-0.2, 0) is 14.4 Å². The van der Waals surface area contributed by atoms with Crippen LogP contribution in [0.2, 0.25) is 15.1 Å².